The quantitative estimate of drug-likeness (QED) is 0.242. The first kappa shape index (κ1) is 25.4. The summed E-state index contributed by atoms with van der Waals surface area (Å²) in [7, 11) is 0. The van der Waals surface area contributed by atoms with Crippen molar-refractivity contribution in [1.29, 1.82) is 0 Å². The molecular formula is C30H24Ti. The van der Waals surface area contributed by atoms with Gasteiger partial charge in [0.05, 0.1) is 0 Å². The summed E-state index contributed by atoms with van der Waals surface area (Å²) in [6, 6.07) is 31.8. The zero-order valence-electron chi connectivity index (χ0n) is 17.4. The third-order valence-electron chi connectivity index (χ3n) is 4.20. The molecule has 1 heteroatoms. The Hall–Kier alpha value is -1.89. The summed E-state index contributed by atoms with van der Waals surface area (Å²) in [5.41, 5.74) is 4.35. The summed E-state index contributed by atoms with van der Waals surface area (Å²) in [6.07, 6.45) is 23.5. The molecule has 0 heterocycles. The van der Waals surface area contributed by atoms with Gasteiger partial charge in [0.2, 0.25) is 0 Å². The Morgan fingerprint density at radius 3 is 1.42 bits per heavy atom. The van der Waals surface area contributed by atoms with Gasteiger partial charge in [-0.3, -0.25) is 0 Å². The molecule has 5 rings (SSSR count). The predicted octanol–water partition coefficient (Wildman–Crippen LogP) is 6.81. The van der Waals surface area contributed by atoms with E-state index < -0.39 is 0 Å². The smallest absolute Gasteiger partial charge is 0.209 e. The SMILES string of the molecule is [C-](=C(c1[c-]cccc1)c1ccccc1)c1ccccc1.[CH]1[CH][CH][CH][CH]1.[CH]1[CH][CH][CH][CH]1.[Ti+2]. The van der Waals surface area contributed by atoms with Crippen LogP contribution in [0.4, 0.5) is 0 Å². The Labute approximate surface area is 204 Å². The molecule has 2 fully saturated rings. The van der Waals surface area contributed by atoms with Gasteiger partial charge in [0, 0.05) is 0 Å². The van der Waals surface area contributed by atoms with Crippen molar-refractivity contribution in [2.24, 2.45) is 0 Å². The molecule has 0 aromatic heterocycles. The Bertz CT molecular complexity index is 763. The summed E-state index contributed by atoms with van der Waals surface area (Å²) in [6.45, 7) is 0. The second-order valence-electron chi connectivity index (χ2n) is 6.43. The monoisotopic (exact) mass is 432 g/mol. The Morgan fingerprint density at radius 1 is 0.516 bits per heavy atom. The van der Waals surface area contributed by atoms with Gasteiger partial charge in [-0.25, -0.2) is 5.56 Å². The average Bonchev–Trinajstić information content (AvgIpc) is 3.59. The van der Waals surface area contributed by atoms with Crippen LogP contribution >= 0.6 is 0 Å². The van der Waals surface area contributed by atoms with E-state index in [0.29, 0.717) is 0 Å². The average molecular weight is 432 g/mol. The van der Waals surface area contributed by atoms with Crippen LogP contribution in [0.1, 0.15) is 16.7 Å². The topological polar surface area (TPSA) is 0 Å². The maximum absolute atomic E-state index is 3.50. The molecule has 2 aliphatic rings. The largest absolute Gasteiger partial charge is 2.00 e. The number of benzene rings is 3. The van der Waals surface area contributed by atoms with Crippen molar-refractivity contribution in [3.05, 3.63) is 178 Å². The minimum absolute atomic E-state index is 0. The van der Waals surface area contributed by atoms with E-state index in [0.717, 1.165) is 22.3 Å². The molecule has 0 bridgehead atoms. The Morgan fingerprint density at radius 2 is 0.968 bits per heavy atom. The molecule has 3 aromatic carbocycles. The molecule has 0 spiro atoms. The van der Waals surface area contributed by atoms with E-state index in [-0.39, 0.29) is 21.7 Å². The van der Waals surface area contributed by atoms with E-state index in [1.165, 1.54) is 0 Å². The van der Waals surface area contributed by atoms with Gasteiger partial charge in [-0.1, -0.05) is 48.5 Å². The third-order valence-corrected chi connectivity index (χ3v) is 4.20. The minimum Gasteiger partial charge on any atom is -0.209 e. The fourth-order valence-corrected chi connectivity index (χ4v) is 2.76. The number of rotatable bonds is 3. The first-order chi connectivity index (χ1) is 14.9. The van der Waals surface area contributed by atoms with Crippen LogP contribution in [0, 0.1) is 76.4 Å². The summed E-state index contributed by atoms with van der Waals surface area (Å²) in [4.78, 5) is 0. The van der Waals surface area contributed by atoms with Gasteiger partial charge in [0.15, 0.2) is 0 Å². The fourth-order valence-electron chi connectivity index (χ4n) is 2.76. The van der Waals surface area contributed by atoms with Crippen molar-refractivity contribution < 1.29 is 21.7 Å². The molecule has 2 saturated carbocycles. The van der Waals surface area contributed by atoms with Crippen LogP contribution in [0.3, 0.4) is 0 Å². The Kier molecular flexibility index (Phi) is 13.0. The fraction of sp³-hybridized carbons (Fsp3) is 0. The van der Waals surface area contributed by atoms with E-state index in [1.807, 2.05) is 119 Å². The van der Waals surface area contributed by atoms with Crippen LogP contribution in [0.25, 0.3) is 5.57 Å². The molecule has 2 aliphatic carbocycles. The van der Waals surface area contributed by atoms with Gasteiger partial charge < -0.3 is 0 Å². The molecule has 3 aromatic rings. The molecule has 0 unspecified atom stereocenters. The van der Waals surface area contributed by atoms with E-state index in [1.54, 1.807) is 0 Å². The van der Waals surface area contributed by atoms with E-state index in [9.17, 15) is 0 Å². The van der Waals surface area contributed by atoms with E-state index in [2.05, 4.69) is 42.5 Å². The van der Waals surface area contributed by atoms with Gasteiger partial charge in [-0.15, -0.1) is 29.3 Å². The number of hydrogen-bond acceptors (Lipinski definition) is 0. The first-order valence-corrected chi connectivity index (χ1v) is 9.98. The molecular weight excluding hydrogens is 408 g/mol. The van der Waals surface area contributed by atoms with Crippen molar-refractivity contribution in [2.45, 2.75) is 0 Å². The number of hydrogen-bond donors (Lipinski definition) is 0. The van der Waals surface area contributed by atoms with Crippen molar-refractivity contribution in [2.75, 3.05) is 0 Å². The maximum Gasteiger partial charge on any atom is 2.00 e. The molecule has 0 nitrogen and oxygen atoms in total. The van der Waals surface area contributed by atoms with Crippen LogP contribution in [0.5, 0.6) is 0 Å². The predicted molar refractivity (Wildman–Crippen MR) is 126 cm³/mol. The van der Waals surface area contributed by atoms with Crippen LogP contribution in [-0.2, 0) is 21.7 Å². The van der Waals surface area contributed by atoms with Gasteiger partial charge in [-0.05, 0) is 64.2 Å². The molecule has 148 valence electrons. The van der Waals surface area contributed by atoms with Crippen LogP contribution in [0.2, 0.25) is 0 Å². The molecule has 0 saturated heterocycles. The van der Waals surface area contributed by atoms with Gasteiger partial charge in [0.25, 0.3) is 0 Å². The zero-order valence-corrected chi connectivity index (χ0v) is 18.9. The molecule has 0 N–H and O–H groups in total. The molecule has 0 amide bonds. The van der Waals surface area contributed by atoms with Gasteiger partial charge >= 0.3 is 21.7 Å². The van der Waals surface area contributed by atoms with Crippen molar-refractivity contribution >= 4 is 5.57 Å². The summed E-state index contributed by atoms with van der Waals surface area (Å²) in [5, 5.41) is 0. The Balaban J connectivity index is 0.000000254. The van der Waals surface area contributed by atoms with Gasteiger partial charge in [-0.2, -0.15) is 35.9 Å². The minimum atomic E-state index is 0. The second-order valence-corrected chi connectivity index (χ2v) is 6.43. The maximum atomic E-state index is 3.50. The summed E-state index contributed by atoms with van der Waals surface area (Å²) in [5.74, 6) is 0. The third kappa shape index (κ3) is 9.85. The molecule has 31 heavy (non-hydrogen) atoms. The molecule has 10 radical (unpaired) electrons. The van der Waals surface area contributed by atoms with Crippen LogP contribution in [-0.4, -0.2) is 0 Å². The van der Waals surface area contributed by atoms with E-state index >= 15 is 0 Å². The van der Waals surface area contributed by atoms with Crippen molar-refractivity contribution in [3.63, 3.8) is 0 Å². The van der Waals surface area contributed by atoms with Crippen LogP contribution < -0.4 is 0 Å². The van der Waals surface area contributed by atoms with E-state index in [4.69, 9.17) is 0 Å². The molecule has 0 aliphatic heterocycles. The first-order valence-electron chi connectivity index (χ1n) is 9.98. The molecule has 0 atom stereocenters. The normalized spacial score (nSPS) is 15.0. The van der Waals surface area contributed by atoms with Crippen LogP contribution in [0.15, 0.2) is 84.9 Å². The van der Waals surface area contributed by atoms with Crippen molar-refractivity contribution in [3.8, 4) is 0 Å². The van der Waals surface area contributed by atoms with Gasteiger partial charge in [0.1, 0.15) is 0 Å². The zero-order chi connectivity index (χ0) is 20.7. The standard InChI is InChI=1S/C20H14.2C5H5.Ti/c1-4-10-17(11-5-1)16-20(18-12-6-2-7-13-18)19-14-8-3-9-15-19;2*1-2-4-5-3-1;/h1-14H;2*1-5H;/q-2;;;+2. The summed E-state index contributed by atoms with van der Waals surface area (Å²) < 4.78 is 0. The van der Waals surface area contributed by atoms with Crippen molar-refractivity contribution in [1.82, 2.24) is 0 Å². The summed E-state index contributed by atoms with van der Waals surface area (Å²) >= 11 is 0. The second kappa shape index (κ2) is 15.8.